The Morgan fingerprint density at radius 3 is 2.90 bits per heavy atom. The van der Waals surface area contributed by atoms with E-state index in [-0.39, 0.29) is 24.5 Å². The van der Waals surface area contributed by atoms with Crippen LogP contribution in [0.1, 0.15) is 19.0 Å². The maximum absolute atomic E-state index is 12.1. The van der Waals surface area contributed by atoms with E-state index >= 15 is 0 Å². The highest BCUT2D eigenvalue weighted by Gasteiger charge is 2.28. The largest absolute Gasteiger partial charge is 0.454 e. The van der Waals surface area contributed by atoms with E-state index in [0.29, 0.717) is 41.1 Å². The highest BCUT2D eigenvalue weighted by atomic mass is 79.9. The van der Waals surface area contributed by atoms with Gasteiger partial charge in [-0.2, -0.15) is 5.10 Å². The zero-order valence-electron chi connectivity index (χ0n) is 16.6. The fourth-order valence-electron chi connectivity index (χ4n) is 3.31. The summed E-state index contributed by atoms with van der Waals surface area (Å²) in [7, 11) is 0. The Labute approximate surface area is 190 Å². The topological polar surface area (TPSA) is 140 Å². The smallest absolute Gasteiger partial charge is 0.248 e. The third-order valence-electron chi connectivity index (χ3n) is 4.86. The first-order chi connectivity index (χ1) is 14.9. The lowest BCUT2D eigenvalue weighted by atomic mass is 10.0. The molecule has 12 heteroatoms. The number of nitrogens with two attached hydrogens (primary N) is 1. The molecule has 0 fully saturated rings. The molecule has 1 amide bonds. The van der Waals surface area contributed by atoms with Crippen LogP contribution >= 0.6 is 27.7 Å². The van der Waals surface area contributed by atoms with Gasteiger partial charge in [0.2, 0.25) is 12.7 Å². The molecule has 5 N–H and O–H groups in total. The van der Waals surface area contributed by atoms with Crippen LogP contribution < -0.4 is 25.9 Å². The number of amides is 1. The molecular weight excluding hydrogens is 486 g/mol. The van der Waals surface area contributed by atoms with Crippen molar-refractivity contribution >= 4 is 51.0 Å². The second-order valence-electron chi connectivity index (χ2n) is 6.81. The highest BCUT2D eigenvalue weighted by Crippen LogP contribution is 2.43. The SMILES string of the molecule is C=CNc1c(C(=N)N)nc(Sc2cc3c(cc2Br)OCO3)n1CCC1C(=O)NN=C1C. The number of benzene rings is 1. The number of fused-ring (bicyclic) bond motifs is 1. The van der Waals surface area contributed by atoms with Crippen LogP contribution in [0.3, 0.4) is 0 Å². The average molecular weight is 506 g/mol. The van der Waals surface area contributed by atoms with Gasteiger partial charge in [0.1, 0.15) is 17.3 Å². The number of amidine groups is 1. The van der Waals surface area contributed by atoms with E-state index in [2.05, 4.69) is 43.3 Å². The van der Waals surface area contributed by atoms with Crippen molar-refractivity contribution in [2.45, 2.75) is 29.9 Å². The molecule has 0 bridgehead atoms. The van der Waals surface area contributed by atoms with Crippen LogP contribution in [0.4, 0.5) is 5.82 Å². The number of aromatic nitrogens is 2. The number of rotatable bonds is 8. The number of nitrogens with one attached hydrogen (secondary N) is 3. The van der Waals surface area contributed by atoms with Gasteiger partial charge in [0, 0.05) is 21.6 Å². The summed E-state index contributed by atoms with van der Waals surface area (Å²) in [4.78, 5) is 17.5. The molecule has 1 unspecified atom stereocenters. The number of ether oxygens (including phenoxy) is 2. The van der Waals surface area contributed by atoms with E-state index in [1.54, 1.807) is 0 Å². The Morgan fingerprint density at radius 1 is 1.52 bits per heavy atom. The molecule has 0 aliphatic carbocycles. The number of imidazole rings is 1. The standard InChI is InChI=1S/C19H20BrN7O3S/c1-3-23-17-15(16(21)22)24-19(27(17)5-4-10-9(2)25-26-18(10)28)31-14-7-13-12(6-11(14)20)29-8-30-13/h3,6-7,10,23H,1,4-5,8H2,2H3,(H3,21,22)(H,26,28). The Kier molecular flexibility index (Phi) is 5.92. The molecule has 10 nitrogen and oxygen atoms in total. The van der Waals surface area contributed by atoms with Crippen molar-refractivity contribution < 1.29 is 14.3 Å². The first-order valence-corrected chi connectivity index (χ1v) is 10.9. The number of hydrazone groups is 1. The minimum Gasteiger partial charge on any atom is -0.454 e. The van der Waals surface area contributed by atoms with Gasteiger partial charge in [-0.25, -0.2) is 10.4 Å². The lowest BCUT2D eigenvalue weighted by Crippen LogP contribution is -2.24. The molecule has 1 aromatic heterocycles. The minimum atomic E-state index is -0.324. The number of anilines is 1. The molecule has 2 aromatic rings. The van der Waals surface area contributed by atoms with Crippen molar-refractivity contribution in [3.05, 3.63) is 35.1 Å². The van der Waals surface area contributed by atoms with Gasteiger partial charge in [0.15, 0.2) is 16.7 Å². The fourth-order valence-corrected chi connectivity index (χ4v) is 4.82. The van der Waals surface area contributed by atoms with Crippen LogP contribution in [0.25, 0.3) is 0 Å². The summed E-state index contributed by atoms with van der Waals surface area (Å²) in [5, 5.41) is 15.6. The Balaban J connectivity index is 1.70. The van der Waals surface area contributed by atoms with Gasteiger partial charge in [-0.1, -0.05) is 18.3 Å². The molecule has 4 rings (SSSR count). The predicted molar refractivity (Wildman–Crippen MR) is 121 cm³/mol. The van der Waals surface area contributed by atoms with Crippen molar-refractivity contribution in [3.8, 4) is 11.5 Å². The highest BCUT2D eigenvalue weighted by molar-refractivity contribution is 9.10. The van der Waals surface area contributed by atoms with Gasteiger partial charge in [-0.3, -0.25) is 10.2 Å². The van der Waals surface area contributed by atoms with Crippen molar-refractivity contribution in [3.63, 3.8) is 0 Å². The zero-order valence-corrected chi connectivity index (χ0v) is 19.0. The fraction of sp³-hybridized carbons (Fsp3) is 0.263. The summed E-state index contributed by atoms with van der Waals surface area (Å²) >= 11 is 4.95. The first-order valence-electron chi connectivity index (χ1n) is 9.32. The molecule has 31 heavy (non-hydrogen) atoms. The van der Waals surface area contributed by atoms with Crippen LogP contribution in [-0.2, 0) is 11.3 Å². The molecule has 0 radical (unpaired) electrons. The number of hydrogen-bond acceptors (Lipinski definition) is 8. The molecule has 1 atom stereocenters. The summed E-state index contributed by atoms with van der Waals surface area (Å²) in [6.45, 7) is 6.16. The Morgan fingerprint density at radius 2 is 2.26 bits per heavy atom. The van der Waals surface area contributed by atoms with Crippen LogP contribution in [0.2, 0.25) is 0 Å². The third-order valence-corrected chi connectivity index (χ3v) is 6.83. The molecule has 0 saturated heterocycles. The summed E-state index contributed by atoms with van der Waals surface area (Å²) in [5.41, 5.74) is 9.33. The van der Waals surface area contributed by atoms with Gasteiger partial charge in [0.25, 0.3) is 0 Å². The Bertz CT molecular complexity index is 1110. The quantitative estimate of drug-likeness (QED) is 0.319. The zero-order chi connectivity index (χ0) is 22.1. The summed E-state index contributed by atoms with van der Waals surface area (Å²) in [5.74, 6) is 1.22. The minimum absolute atomic E-state index is 0.129. The van der Waals surface area contributed by atoms with Crippen LogP contribution in [-0.4, -0.2) is 33.8 Å². The second kappa shape index (κ2) is 8.63. The van der Waals surface area contributed by atoms with Crippen molar-refractivity contribution in [2.24, 2.45) is 16.8 Å². The van der Waals surface area contributed by atoms with E-state index in [0.717, 1.165) is 15.1 Å². The van der Waals surface area contributed by atoms with Gasteiger partial charge >= 0.3 is 0 Å². The number of nitrogens with zero attached hydrogens (tertiary/aromatic N) is 3. The van der Waals surface area contributed by atoms with Crippen LogP contribution in [0.5, 0.6) is 11.5 Å². The number of hydrogen-bond donors (Lipinski definition) is 4. The third kappa shape index (κ3) is 4.12. The van der Waals surface area contributed by atoms with E-state index in [4.69, 9.17) is 20.6 Å². The predicted octanol–water partition coefficient (Wildman–Crippen LogP) is 2.88. The van der Waals surface area contributed by atoms with E-state index in [1.165, 1.54) is 18.0 Å². The molecule has 0 spiro atoms. The van der Waals surface area contributed by atoms with Crippen LogP contribution in [0, 0.1) is 11.3 Å². The number of carbonyl (C=O) groups is 1. The van der Waals surface area contributed by atoms with E-state index < -0.39 is 0 Å². The number of nitrogen functional groups attached to an aromatic ring is 1. The normalized spacial score (nSPS) is 16.8. The molecule has 2 aliphatic rings. The molecule has 162 valence electrons. The molecular formula is C19H20BrN7O3S. The first kappa shape index (κ1) is 21.2. The summed E-state index contributed by atoms with van der Waals surface area (Å²) < 4.78 is 13.6. The number of halogens is 1. The van der Waals surface area contributed by atoms with Gasteiger partial charge in [-0.15, -0.1) is 0 Å². The maximum atomic E-state index is 12.1. The summed E-state index contributed by atoms with van der Waals surface area (Å²) in [6, 6.07) is 3.71. The molecule has 1 aromatic carbocycles. The maximum Gasteiger partial charge on any atom is 0.248 e. The summed E-state index contributed by atoms with van der Waals surface area (Å²) in [6.07, 6.45) is 2.01. The van der Waals surface area contributed by atoms with Crippen molar-refractivity contribution in [2.75, 3.05) is 12.1 Å². The molecule has 3 heterocycles. The van der Waals surface area contributed by atoms with Gasteiger partial charge < -0.3 is 25.1 Å². The molecule has 2 aliphatic heterocycles. The lowest BCUT2D eigenvalue weighted by Gasteiger charge is -2.14. The van der Waals surface area contributed by atoms with Crippen molar-refractivity contribution in [1.29, 1.82) is 5.41 Å². The van der Waals surface area contributed by atoms with Crippen LogP contribution in [0.15, 0.2) is 44.5 Å². The van der Waals surface area contributed by atoms with Gasteiger partial charge in [0.05, 0.1) is 5.92 Å². The van der Waals surface area contributed by atoms with Crippen molar-refractivity contribution in [1.82, 2.24) is 15.0 Å². The lowest BCUT2D eigenvalue weighted by molar-refractivity contribution is -0.122. The second-order valence-corrected chi connectivity index (χ2v) is 8.68. The monoisotopic (exact) mass is 505 g/mol. The average Bonchev–Trinajstić information content (AvgIpc) is 3.40. The molecule has 0 saturated carbocycles. The Hall–Kier alpha value is -2.99. The van der Waals surface area contributed by atoms with E-state index in [9.17, 15) is 4.79 Å². The van der Waals surface area contributed by atoms with Gasteiger partial charge in [-0.05, 0) is 47.6 Å². The number of carbonyl (C=O) groups excluding carboxylic acids is 1. The van der Waals surface area contributed by atoms with E-state index in [1.807, 2.05) is 23.6 Å².